The lowest BCUT2D eigenvalue weighted by molar-refractivity contribution is -0.144. The van der Waals surface area contributed by atoms with E-state index in [0.717, 1.165) is 35.5 Å². The first-order valence-electron chi connectivity index (χ1n) is 13.9. The number of allylic oxidation sites excluding steroid dienone is 1. The molecule has 1 aromatic rings. The average Bonchev–Trinajstić information content (AvgIpc) is 3.29. The SMILES string of the molecule is C=CCC[C@H]1C(=O)C(C)(C)[C@@H](O)CC(=O)NC(C(C)=Cc2csc(C)n2)CC2OC2(C)CCC[C@H](C)[C@H]1O. The van der Waals surface area contributed by atoms with Crippen molar-refractivity contribution in [1.82, 2.24) is 10.3 Å². The van der Waals surface area contributed by atoms with E-state index in [-0.39, 0.29) is 41.8 Å². The van der Waals surface area contributed by atoms with Crippen molar-refractivity contribution in [1.29, 1.82) is 0 Å². The van der Waals surface area contributed by atoms with Crippen LogP contribution in [0.5, 0.6) is 0 Å². The molecule has 212 valence electrons. The van der Waals surface area contributed by atoms with Gasteiger partial charge < -0.3 is 20.3 Å². The molecule has 38 heavy (non-hydrogen) atoms. The van der Waals surface area contributed by atoms with Crippen molar-refractivity contribution >= 4 is 29.1 Å². The molecule has 0 bridgehead atoms. The highest BCUT2D eigenvalue weighted by Crippen LogP contribution is 2.44. The molecule has 0 aliphatic carbocycles. The van der Waals surface area contributed by atoms with Gasteiger partial charge in [-0.2, -0.15) is 0 Å². The number of nitrogens with one attached hydrogen (secondary N) is 1. The van der Waals surface area contributed by atoms with Crippen molar-refractivity contribution in [3.05, 3.63) is 34.3 Å². The zero-order valence-corrected chi connectivity index (χ0v) is 24.6. The number of fused-ring (bicyclic) bond motifs is 1. The Morgan fingerprint density at radius 3 is 2.66 bits per heavy atom. The summed E-state index contributed by atoms with van der Waals surface area (Å²) < 4.78 is 6.14. The smallest absolute Gasteiger partial charge is 0.223 e. The van der Waals surface area contributed by atoms with Crippen LogP contribution in [-0.4, -0.2) is 56.8 Å². The number of epoxide rings is 1. The fourth-order valence-electron chi connectivity index (χ4n) is 5.58. The normalized spacial score (nSPS) is 35.3. The Morgan fingerprint density at radius 1 is 1.32 bits per heavy atom. The number of hydrogen-bond donors (Lipinski definition) is 3. The van der Waals surface area contributed by atoms with Crippen molar-refractivity contribution in [3.8, 4) is 0 Å². The number of aryl methyl sites for hydroxylation is 1. The summed E-state index contributed by atoms with van der Waals surface area (Å²) in [5.41, 5.74) is 0.351. The van der Waals surface area contributed by atoms with Gasteiger partial charge in [-0.15, -0.1) is 17.9 Å². The molecule has 7 nitrogen and oxygen atoms in total. The zero-order chi connectivity index (χ0) is 28.3. The lowest BCUT2D eigenvalue weighted by Gasteiger charge is -2.36. The fraction of sp³-hybridized carbons (Fsp3) is 0.700. The highest BCUT2D eigenvalue weighted by molar-refractivity contribution is 7.09. The highest BCUT2D eigenvalue weighted by Gasteiger charge is 2.52. The molecule has 3 unspecified atom stereocenters. The molecule has 1 amide bonds. The molecule has 1 aromatic heterocycles. The number of carbonyl (C=O) groups excluding carboxylic acids is 2. The van der Waals surface area contributed by atoms with Gasteiger partial charge in [0.15, 0.2) is 0 Å². The van der Waals surface area contributed by atoms with Crippen molar-refractivity contribution in [2.45, 2.75) is 116 Å². The van der Waals surface area contributed by atoms with Crippen LogP contribution in [-0.2, 0) is 14.3 Å². The number of nitrogens with zero attached hydrogens (tertiary/aromatic N) is 1. The number of carbonyl (C=O) groups is 2. The van der Waals surface area contributed by atoms with Crippen LogP contribution in [0.25, 0.3) is 6.08 Å². The molecule has 8 heteroatoms. The second-order valence-corrected chi connectivity index (χ2v) is 13.2. The molecule has 0 radical (unpaired) electrons. The molecule has 3 N–H and O–H groups in total. The van der Waals surface area contributed by atoms with Crippen LogP contribution in [0.2, 0.25) is 0 Å². The molecule has 2 aliphatic rings. The van der Waals surface area contributed by atoms with Gasteiger partial charge in [0.2, 0.25) is 5.91 Å². The Bertz CT molecular complexity index is 1030. The van der Waals surface area contributed by atoms with E-state index in [1.54, 1.807) is 31.3 Å². The molecule has 2 aliphatic heterocycles. The van der Waals surface area contributed by atoms with E-state index in [1.165, 1.54) is 0 Å². The summed E-state index contributed by atoms with van der Waals surface area (Å²) in [5.74, 6) is -1.26. The van der Waals surface area contributed by atoms with Crippen LogP contribution in [0.3, 0.4) is 0 Å². The number of aromatic nitrogens is 1. The van der Waals surface area contributed by atoms with E-state index in [2.05, 4.69) is 23.8 Å². The predicted molar refractivity (Wildman–Crippen MR) is 152 cm³/mol. The first kappa shape index (κ1) is 30.7. The third-order valence-electron chi connectivity index (χ3n) is 8.58. The van der Waals surface area contributed by atoms with E-state index >= 15 is 0 Å². The molecule has 0 saturated carbocycles. The second kappa shape index (κ2) is 12.5. The van der Waals surface area contributed by atoms with Gasteiger partial charge in [-0.1, -0.05) is 33.3 Å². The molecular weight excluding hydrogens is 500 g/mol. The van der Waals surface area contributed by atoms with Gasteiger partial charge in [0.1, 0.15) is 5.78 Å². The minimum absolute atomic E-state index is 0.00439. The standard InChI is InChI=1S/C30H46N2O5S/c1-8-9-12-22-27(35)18(2)11-10-13-30(7)25(37-30)15-23(19(3)14-21-17-38-20(4)31-21)32-26(34)16-24(33)29(5,6)28(22)36/h8,14,17-18,22-25,27,33,35H,1,9-13,15-16H2,2-7H3,(H,32,34)/t18-,22+,23?,24-,25?,27+,30?/m0/s1. The van der Waals surface area contributed by atoms with Crippen LogP contribution in [0.15, 0.2) is 23.6 Å². The van der Waals surface area contributed by atoms with Gasteiger partial charge >= 0.3 is 0 Å². The maximum Gasteiger partial charge on any atom is 0.223 e. The first-order chi connectivity index (χ1) is 17.8. The molecule has 7 atom stereocenters. The summed E-state index contributed by atoms with van der Waals surface area (Å²) in [6.07, 6.45) is 5.67. The summed E-state index contributed by atoms with van der Waals surface area (Å²) in [7, 11) is 0. The summed E-state index contributed by atoms with van der Waals surface area (Å²) in [6.45, 7) is 15.1. The number of rotatable bonds is 5. The quantitative estimate of drug-likeness (QED) is 0.354. The Hall–Kier alpha value is -1.87. The molecule has 3 rings (SSSR count). The molecule has 2 fully saturated rings. The summed E-state index contributed by atoms with van der Waals surface area (Å²) >= 11 is 1.58. The number of aliphatic hydroxyl groups excluding tert-OH is 2. The average molecular weight is 547 g/mol. The highest BCUT2D eigenvalue weighted by atomic mass is 32.1. The van der Waals surface area contributed by atoms with E-state index < -0.39 is 23.5 Å². The van der Waals surface area contributed by atoms with Crippen molar-refractivity contribution in [2.24, 2.45) is 17.3 Å². The van der Waals surface area contributed by atoms with Crippen LogP contribution >= 0.6 is 11.3 Å². The molecule has 0 aromatic carbocycles. The van der Waals surface area contributed by atoms with Crippen LogP contribution < -0.4 is 5.32 Å². The number of thiazole rings is 1. The van der Waals surface area contributed by atoms with Gasteiger partial charge in [-0.25, -0.2) is 4.98 Å². The largest absolute Gasteiger partial charge is 0.392 e. The Morgan fingerprint density at radius 2 is 2.03 bits per heavy atom. The lowest BCUT2D eigenvalue weighted by Crippen LogP contribution is -2.48. The molecular formula is C30H46N2O5S. The second-order valence-electron chi connectivity index (χ2n) is 12.1. The number of hydrogen-bond acceptors (Lipinski definition) is 7. The lowest BCUT2D eigenvalue weighted by atomic mass is 9.71. The van der Waals surface area contributed by atoms with Crippen LogP contribution in [0.1, 0.15) is 90.3 Å². The molecule has 3 heterocycles. The van der Waals surface area contributed by atoms with Crippen molar-refractivity contribution < 1.29 is 24.5 Å². The van der Waals surface area contributed by atoms with Gasteiger partial charge in [0.25, 0.3) is 0 Å². The van der Waals surface area contributed by atoms with Crippen LogP contribution in [0, 0.1) is 24.2 Å². The Labute approximate surface area is 231 Å². The molecule has 2 saturated heterocycles. The minimum atomic E-state index is -1.20. The zero-order valence-electron chi connectivity index (χ0n) is 23.8. The van der Waals surface area contributed by atoms with E-state index in [0.29, 0.717) is 19.3 Å². The minimum Gasteiger partial charge on any atom is -0.392 e. The Kier molecular flexibility index (Phi) is 10.1. The summed E-state index contributed by atoms with van der Waals surface area (Å²) in [5, 5.41) is 28.4. The van der Waals surface area contributed by atoms with Crippen molar-refractivity contribution in [2.75, 3.05) is 0 Å². The number of Topliss-reactive ketones (excluding diaryl/α,β-unsaturated/α-hetero) is 1. The van der Waals surface area contributed by atoms with E-state index in [1.807, 2.05) is 32.2 Å². The first-order valence-corrected chi connectivity index (χ1v) is 14.7. The molecule has 0 spiro atoms. The third kappa shape index (κ3) is 7.40. The maximum atomic E-state index is 13.7. The number of aliphatic hydroxyl groups is 2. The number of amides is 1. The van der Waals surface area contributed by atoms with Gasteiger partial charge in [0, 0.05) is 17.7 Å². The van der Waals surface area contributed by atoms with Crippen LogP contribution in [0.4, 0.5) is 0 Å². The van der Waals surface area contributed by atoms with Gasteiger partial charge in [-0.05, 0) is 64.0 Å². The number of ether oxygens (including phenoxy) is 1. The summed E-state index contributed by atoms with van der Waals surface area (Å²) in [6, 6.07) is -0.281. The monoisotopic (exact) mass is 546 g/mol. The predicted octanol–water partition coefficient (Wildman–Crippen LogP) is 5.00. The topological polar surface area (TPSA) is 112 Å². The van der Waals surface area contributed by atoms with Crippen molar-refractivity contribution in [3.63, 3.8) is 0 Å². The van der Waals surface area contributed by atoms with E-state index in [9.17, 15) is 19.8 Å². The Balaban J connectivity index is 1.88. The van der Waals surface area contributed by atoms with E-state index in [4.69, 9.17) is 4.74 Å². The third-order valence-corrected chi connectivity index (χ3v) is 9.37. The maximum absolute atomic E-state index is 13.7. The van der Waals surface area contributed by atoms with Gasteiger partial charge in [-0.3, -0.25) is 9.59 Å². The number of ketones is 1. The summed E-state index contributed by atoms with van der Waals surface area (Å²) in [4.78, 5) is 31.4. The van der Waals surface area contributed by atoms with Gasteiger partial charge in [0.05, 0.1) is 52.5 Å². The fourth-order valence-corrected chi connectivity index (χ4v) is 6.15.